The molecule has 0 saturated heterocycles. The molecule has 0 fully saturated rings. The van der Waals surface area contributed by atoms with E-state index >= 15 is 0 Å². The molecule has 0 radical (unpaired) electrons. The van der Waals surface area contributed by atoms with Crippen LogP contribution in [0.3, 0.4) is 0 Å². The summed E-state index contributed by atoms with van der Waals surface area (Å²) in [4.78, 5) is 14.6. The van der Waals surface area contributed by atoms with Crippen molar-refractivity contribution < 1.29 is 0 Å². The molecule has 6 rings (SSSR count). The van der Waals surface area contributed by atoms with Crippen molar-refractivity contribution in [1.29, 1.82) is 0 Å². The van der Waals surface area contributed by atoms with Gasteiger partial charge in [0, 0.05) is 33.2 Å². The van der Waals surface area contributed by atoms with Crippen LogP contribution in [0.2, 0.25) is 0 Å². The van der Waals surface area contributed by atoms with E-state index in [4.69, 9.17) is 9.97 Å². The van der Waals surface area contributed by atoms with Gasteiger partial charge in [0.2, 0.25) is 0 Å². The fourth-order valence-corrected chi connectivity index (χ4v) is 4.44. The van der Waals surface area contributed by atoms with Crippen molar-refractivity contribution in [2.45, 2.75) is 0 Å². The van der Waals surface area contributed by atoms with Crippen LogP contribution in [-0.2, 0) is 0 Å². The molecule has 0 aliphatic rings. The highest BCUT2D eigenvalue weighted by molar-refractivity contribution is 9.10. The molecule has 5 heteroatoms. The van der Waals surface area contributed by atoms with Gasteiger partial charge in [-0.2, -0.15) is 0 Å². The lowest BCUT2D eigenvalue weighted by molar-refractivity contribution is 1.05. The first-order valence-electron chi connectivity index (χ1n) is 10.3. The second-order valence-corrected chi connectivity index (χ2v) is 8.45. The monoisotopic (exact) mass is 476 g/mol. The Morgan fingerprint density at radius 1 is 0.656 bits per heavy atom. The summed E-state index contributed by atoms with van der Waals surface area (Å²) in [5.41, 5.74) is 5.93. The van der Waals surface area contributed by atoms with Crippen LogP contribution in [-0.4, -0.2) is 19.5 Å². The summed E-state index contributed by atoms with van der Waals surface area (Å²) < 4.78 is 3.19. The SMILES string of the molecule is Brc1ccc2c(c1)c1ncccc1n2-c1cc(-c2ccccc2)nc(-c2ccccc2)n1. The molecule has 0 atom stereocenters. The maximum atomic E-state index is 5.01. The highest BCUT2D eigenvalue weighted by atomic mass is 79.9. The molecular weight excluding hydrogens is 460 g/mol. The Bertz CT molecular complexity index is 1520. The number of hydrogen-bond donors (Lipinski definition) is 0. The number of aromatic nitrogens is 4. The summed E-state index contributed by atoms with van der Waals surface area (Å²) in [5.74, 6) is 1.51. The molecule has 6 aromatic rings. The lowest BCUT2D eigenvalue weighted by Crippen LogP contribution is -2.02. The van der Waals surface area contributed by atoms with Crippen molar-refractivity contribution in [2.75, 3.05) is 0 Å². The van der Waals surface area contributed by atoms with Gasteiger partial charge in [-0.25, -0.2) is 9.97 Å². The van der Waals surface area contributed by atoms with Gasteiger partial charge >= 0.3 is 0 Å². The van der Waals surface area contributed by atoms with Crippen molar-refractivity contribution in [3.05, 3.63) is 108 Å². The van der Waals surface area contributed by atoms with Crippen LogP contribution in [0.1, 0.15) is 0 Å². The Kier molecular flexibility index (Phi) is 4.55. The number of halogens is 1. The van der Waals surface area contributed by atoms with E-state index in [0.29, 0.717) is 5.82 Å². The smallest absolute Gasteiger partial charge is 0.162 e. The van der Waals surface area contributed by atoms with Gasteiger partial charge in [0.1, 0.15) is 5.82 Å². The summed E-state index contributed by atoms with van der Waals surface area (Å²) in [6.45, 7) is 0. The van der Waals surface area contributed by atoms with Crippen LogP contribution in [0.5, 0.6) is 0 Å². The average molecular weight is 477 g/mol. The molecule has 0 amide bonds. The molecule has 0 unspecified atom stereocenters. The zero-order chi connectivity index (χ0) is 21.5. The Labute approximate surface area is 193 Å². The van der Waals surface area contributed by atoms with Gasteiger partial charge < -0.3 is 0 Å². The largest absolute Gasteiger partial charge is 0.292 e. The first-order chi connectivity index (χ1) is 15.8. The van der Waals surface area contributed by atoms with Crippen LogP contribution < -0.4 is 0 Å². The van der Waals surface area contributed by atoms with E-state index in [1.165, 1.54) is 0 Å². The van der Waals surface area contributed by atoms with Gasteiger partial charge in [0.25, 0.3) is 0 Å². The second kappa shape index (κ2) is 7.70. The van der Waals surface area contributed by atoms with E-state index in [2.05, 4.69) is 67.9 Å². The predicted octanol–water partition coefficient (Wildman–Crippen LogP) is 7.07. The van der Waals surface area contributed by atoms with Crippen molar-refractivity contribution >= 4 is 37.9 Å². The normalized spacial score (nSPS) is 11.3. The number of benzene rings is 3. The van der Waals surface area contributed by atoms with E-state index in [9.17, 15) is 0 Å². The maximum absolute atomic E-state index is 5.01. The second-order valence-electron chi connectivity index (χ2n) is 7.54. The zero-order valence-electron chi connectivity index (χ0n) is 17.0. The zero-order valence-corrected chi connectivity index (χ0v) is 18.6. The van der Waals surface area contributed by atoms with E-state index < -0.39 is 0 Å². The predicted molar refractivity (Wildman–Crippen MR) is 133 cm³/mol. The Balaban J connectivity index is 1.70. The number of fused-ring (bicyclic) bond motifs is 3. The van der Waals surface area contributed by atoms with Crippen molar-refractivity contribution in [2.24, 2.45) is 0 Å². The van der Waals surface area contributed by atoms with Crippen molar-refractivity contribution in [1.82, 2.24) is 19.5 Å². The van der Waals surface area contributed by atoms with Gasteiger partial charge in [-0.15, -0.1) is 0 Å². The Hall–Kier alpha value is -3.83. The number of pyridine rings is 1. The fraction of sp³-hybridized carbons (Fsp3) is 0. The maximum Gasteiger partial charge on any atom is 0.162 e. The average Bonchev–Trinajstić information content (AvgIpc) is 3.18. The molecule has 0 saturated carbocycles. The third-order valence-electron chi connectivity index (χ3n) is 5.53. The number of nitrogens with zero attached hydrogens (tertiary/aromatic N) is 4. The summed E-state index contributed by atoms with van der Waals surface area (Å²) in [6, 6.07) is 32.7. The highest BCUT2D eigenvalue weighted by Gasteiger charge is 2.17. The molecule has 3 heterocycles. The molecule has 0 aliphatic heterocycles. The van der Waals surface area contributed by atoms with Gasteiger partial charge in [-0.3, -0.25) is 9.55 Å². The quantitative estimate of drug-likeness (QED) is 0.274. The molecule has 4 nitrogen and oxygen atoms in total. The van der Waals surface area contributed by atoms with E-state index in [1.54, 1.807) is 0 Å². The van der Waals surface area contributed by atoms with E-state index in [-0.39, 0.29) is 0 Å². The van der Waals surface area contributed by atoms with Gasteiger partial charge in [-0.05, 0) is 30.3 Å². The molecular formula is C27H17BrN4. The van der Waals surface area contributed by atoms with Gasteiger partial charge in [0.05, 0.1) is 22.2 Å². The summed E-state index contributed by atoms with van der Waals surface area (Å²) in [5, 5.41) is 1.08. The topological polar surface area (TPSA) is 43.6 Å². The minimum Gasteiger partial charge on any atom is -0.292 e. The Morgan fingerprint density at radius 3 is 2.19 bits per heavy atom. The molecule has 0 N–H and O–H groups in total. The Morgan fingerprint density at radius 2 is 1.41 bits per heavy atom. The third kappa shape index (κ3) is 3.18. The molecule has 32 heavy (non-hydrogen) atoms. The molecule has 152 valence electrons. The van der Waals surface area contributed by atoms with E-state index in [0.717, 1.165) is 49.0 Å². The van der Waals surface area contributed by atoms with E-state index in [1.807, 2.05) is 60.8 Å². The summed E-state index contributed by atoms with van der Waals surface area (Å²) >= 11 is 3.61. The van der Waals surface area contributed by atoms with Crippen molar-refractivity contribution in [3.63, 3.8) is 0 Å². The standard InChI is InChI=1S/C27H17BrN4/c28-20-13-14-23-21(16-20)26-24(12-7-15-29-26)32(23)25-17-22(18-8-3-1-4-9-18)30-27(31-25)19-10-5-2-6-11-19/h1-17H. The van der Waals surface area contributed by atoms with Crippen LogP contribution in [0.25, 0.3) is 50.4 Å². The van der Waals surface area contributed by atoms with Crippen molar-refractivity contribution in [3.8, 4) is 28.5 Å². The molecule has 3 aromatic heterocycles. The van der Waals surface area contributed by atoms with Gasteiger partial charge in [-0.1, -0.05) is 76.6 Å². The third-order valence-corrected chi connectivity index (χ3v) is 6.02. The lowest BCUT2D eigenvalue weighted by Gasteiger charge is -2.12. The minimum absolute atomic E-state index is 0.693. The number of rotatable bonds is 3. The summed E-state index contributed by atoms with van der Waals surface area (Å²) in [6.07, 6.45) is 1.83. The molecule has 0 spiro atoms. The molecule has 0 bridgehead atoms. The number of hydrogen-bond acceptors (Lipinski definition) is 3. The highest BCUT2D eigenvalue weighted by Crippen LogP contribution is 2.33. The fourth-order valence-electron chi connectivity index (χ4n) is 4.08. The van der Waals surface area contributed by atoms with Crippen LogP contribution in [0, 0.1) is 0 Å². The summed E-state index contributed by atoms with van der Waals surface area (Å²) in [7, 11) is 0. The minimum atomic E-state index is 0.693. The van der Waals surface area contributed by atoms with Crippen LogP contribution >= 0.6 is 15.9 Å². The first kappa shape index (κ1) is 18.9. The first-order valence-corrected chi connectivity index (χ1v) is 11.1. The van der Waals surface area contributed by atoms with Gasteiger partial charge in [0.15, 0.2) is 5.82 Å². The molecule has 0 aliphatic carbocycles. The van der Waals surface area contributed by atoms with Crippen LogP contribution in [0.4, 0.5) is 0 Å². The van der Waals surface area contributed by atoms with Crippen LogP contribution in [0.15, 0.2) is 108 Å². The lowest BCUT2D eigenvalue weighted by atomic mass is 10.1. The molecule has 3 aromatic carbocycles.